The molecular formula is C21H28FN3O2S. The zero-order valence-corrected chi connectivity index (χ0v) is 17.3. The van der Waals surface area contributed by atoms with E-state index in [-0.39, 0.29) is 11.7 Å². The first-order valence-corrected chi connectivity index (χ1v) is 11.3. The molecule has 0 bridgehead atoms. The molecule has 1 fully saturated rings. The van der Waals surface area contributed by atoms with E-state index in [2.05, 4.69) is 4.98 Å². The lowest BCUT2D eigenvalue weighted by Crippen LogP contribution is -2.47. The van der Waals surface area contributed by atoms with Crippen molar-refractivity contribution in [2.24, 2.45) is 0 Å². The molecule has 0 radical (unpaired) electrons. The maximum Gasteiger partial charge on any atom is 0.281 e. The van der Waals surface area contributed by atoms with Crippen LogP contribution in [0.4, 0.5) is 4.39 Å². The summed E-state index contributed by atoms with van der Waals surface area (Å²) in [6, 6.07) is 10.6. The van der Waals surface area contributed by atoms with Gasteiger partial charge in [-0.2, -0.15) is 17.0 Å². The van der Waals surface area contributed by atoms with E-state index >= 15 is 0 Å². The zero-order chi connectivity index (χ0) is 20.1. The zero-order valence-electron chi connectivity index (χ0n) is 16.5. The van der Waals surface area contributed by atoms with Gasteiger partial charge in [-0.3, -0.25) is 4.98 Å². The third-order valence-corrected chi connectivity index (χ3v) is 7.46. The monoisotopic (exact) mass is 405 g/mol. The first-order valence-electron chi connectivity index (χ1n) is 9.88. The number of aromatic nitrogens is 1. The molecule has 1 unspecified atom stereocenters. The fourth-order valence-electron chi connectivity index (χ4n) is 3.77. The molecule has 1 aromatic carbocycles. The third-order valence-electron chi connectivity index (χ3n) is 5.31. The number of rotatable bonds is 7. The number of hydrogen-bond donors (Lipinski definition) is 0. The van der Waals surface area contributed by atoms with Gasteiger partial charge in [0.1, 0.15) is 5.82 Å². The topological polar surface area (TPSA) is 53.5 Å². The van der Waals surface area contributed by atoms with Crippen LogP contribution in [-0.2, 0) is 16.6 Å². The molecule has 0 saturated carbocycles. The quantitative estimate of drug-likeness (QED) is 0.708. The van der Waals surface area contributed by atoms with Gasteiger partial charge in [-0.1, -0.05) is 32.0 Å². The molecule has 1 aliphatic heterocycles. The van der Waals surface area contributed by atoms with Gasteiger partial charge >= 0.3 is 0 Å². The fraction of sp³-hybridized carbons (Fsp3) is 0.476. The van der Waals surface area contributed by atoms with E-state index in [9.17, 15) is 12.8 Å². The molecule has 5 nitrogen and oxygen atoms in total. The summed E-state index contributed by atoms with van der Waals surface area (Å²) in [6.07, 6.45) is 4.20. The van der Waals surface area contributed by atoms with Crippen molar-refractivity contribution >= 4 is 10.2 Å². The Bertz CT molecular complexity index is 883. The predicted molar refractivity (Wildman–Crippen MR) is 109 cm³/mol. The Morgan fingerprint density at radius 3 is 2.61 bits per heavy atom. The van der Waals surface area contributed by atoms with Crippen molar-refractivity contribution in [1.29, 1.82) is 0 Å². The second kappa shape index (κ2) is 9.11. The van der Waals surface area contributed by atoms with E-state index in [1.807, 2.05) is 38.2 Å². The van der Waals surface area contributed by atoms with Gasteiger partial charge in [0.2, 0.25) is 0 Å². The molecule has 1 aliphatic rings. The van der Waals surface area contributed by atoms with Crippen molar-refractivity contribution in [2.75, 3.05) is 26.2 Å². The minimum atomic E-state index is -3.41. The lowest BCUT2D eigenvalue weighted by molar-refractivity contribution is 0.285. The first-order chi connectivity index (χ1) is 13.4. The Morgan fingerprint density at radius 2 is 1.96 bits per heavy atom. The minimum absolute atomic E-state index is 0.0994. The minimum Gasteiger partial charge on any atom is -0.261 e. The number of pyridine rings is 1. The van der Waals surface area contributed by atoms with Crippen LogP contribution in [0.5, 0.6) is 0 Å². The first kappa shape index (κ1) is 20.9. The lowest BCUT2D eigenvalue weighted by Gasteiger charge is -2.34. The van der Waals surface area contributed by atoms with Crippen molar-refractivity contribution in [2.45, 2.75) is 39.0 Å². The molecular weight excluding hydrogens is 377 g/mol. The van der Waals surface area contributed by atoms with E-state index in [0.29, 0.717) is 32.6 Å². The van der Waals surface area contributed by atoms with E-state index < -0.39 is 10.2 Å². The Labute approximate surface area is 167 Å². The molecule has 0 spiro atoms. The number of hydrogen-bond acceptors (Lipinski definition) is 3. The average Bonchev–Trinajstić information content (AvgIpc) is 2.69. The Kier molecular flexibility index (Phi) is 6.80. The number of halogens is 1. The van der Waals surface area contributed by atoms with Crippen molar-refractivity contribution in [3.63, 3.8) is 0 Å². The van der Waals surface area contributed by atoms with Gasteiger partial charge in [-0.25, -0.2) is 4.39 Å². The highest BCUT2D eigenvalue weighted by molar-refractivity contribution is 7.86. The molecule has 1 saturated heterocycles. The smallest absolute Gasteiger partial charge is 0.261 e. The molecule has 1 atom stereocenters. The largest absolute Gasteiger partial charge is 0.281 e. The summed E-state index contributed by atoms with van der Waals surface area (Å²) in [5.41, 5.74) is 2.84. The Morgan fingerprint density at radius 1 is 1.18 bits per heavy atom. The molecule has 0 N–H and O–H groups in total. The summed E-state index contributed by atoms with van der Waals surface area (Å²) >= 11 is 0. The van der Waals surface area contributed by atoms with E-state index in [0.717, 1.165) is 29.7 Å². The summed E-state index contributed by atoms with van der Waals surface area (Å²) < 4.78 is 42.1. The van der Waals surface area contributed by atoms with Crippen molar-refractivity contribution < 1.29 is 12.8 Å². The van der Waals surface area contributed by atoms with Crippen LogP contribution in [0.25, 0.3) is 0 Å². The van der Waals surface area contributed by atoms with E-state index in [1.165, 1.54) is 16.4 Å². The van der Waals surface area contributed by atoms with Crippen molar-refractivity contribution in [1.82, 2.24) is 13.6 Å². The van der Waals surface area contributed by atoms with Crippen LogP contribution >= 0.6 is 0 Å². The highest BCUT2D eigenvalue weighted by Gasteiger charge is 2.33. The van der Waals surface area contributed by atoms with E-state index in [4.69, 9.17) is 0 Å². The van der Waals surface area contributed by atoms with Crippen LogP contribution < -0.4 is 0 Å². The summed E-state index contributed by atoms with van der Waals surface area (Å²) in [7, 11) is -3.41. The van der Waals surface area contributed by atoms with Gasteiger partial charge in [0.05, 0.1) is 0 Å². The molecule has 0 amide bonds. The maximum absolute atomic E-state index is 13.3. The van der Waals surface area contributed by atoms with Gasteiger partial charge in [-0.05, 0) is 48.6 Å². The molecule has 1 aromatic heterocycles. The number of nitrogens with zero attached hydrogens (tertiary/aromatic N) is 3. The van der Waals surface area contributed by atoms with Gasteiger partial charge in [0.15, 0.2) is 0 Å². The SMILES string of the molecule is CCN(CC)S(=O)(=O)N1CCCC(c2ccc(Cc3cccc(F)c3)cn2)C1. The van der Waals surface area contributed by atoms with Crippen molar-refractivity contribution in [3.8, 4) is 0 Å². The molecule has 7 heteroatoms. The van der Waals surface area contributed by atoms with E-state index in [1.54, 1.807) is 10.4 Å². The number of benzene rings is 1. The molecule has 0 aliphatic carbocycles. The van der Waals surface area contributed by atoms with Gasteiger partial charge in [0, 0.05) is 44.0 Å². The highest BCUT2D eigenvalue weighted by Crippen LogP contribution is 2.28. The average molecular weight is 406 g/mol. The van der Waals surface area contributed by atoms with Gasteiger partial charge < -0.3 is 0 Å². The Hall–Kier alpha value is -1.83. The van der Waals surface area contributed by atoms with Crippen LogP contribution in [0.15, 0.2) is 42.6 Å². The van der Waals surface area contributed by atoms with Gasteiger partial charge in [0.25, 0.3) is 10.2 Å². The molecule has 2 aromatic rings. The van der Waals surface area contributed by atoms with Crippen LogP contribution in [0.1, 0.15) is 49.4 Å². The van der Waals surface area contributed by atoms with Crippen LogP contribution in [0, 0.1) is 5.82 Å². The fourth-order valence-corrected chi connectivity index (χ4v) is 5.48. The van der Waals surface area contributed by atoms with Gasteiger partial charge in [-0.15, -0.1) is 0 Å². The maximum atomic E-state index is 13.3. The molecule has 28 heavy (non-hydrogen) atoms. The van der Waals surface area contributed by atoms with Crippen LogP contribution in [0.3, 0.4) is 0 Å². The van der Waals surface area contributed by atoms with Crippen LogP contribution in [-0.4, -0.2) is 48.2 Å². The normalized spacial score (nSPS) is 18.5. The van der Waals surface area contributed by atoms with Crippen molar-refractivity contribution in [3.05, 3.63) is 65.2 Å². The summed E-state index contributed by atoms with van der Waals surface area (Å²) in [5.74, 6) is -0.138. The number of piperidine rings is 1. The standard InChI is InChI=1S/C21H28FN3O2S/c1-3-24(4-2)28(26,27)25-12-6-8-19(16-25)21-11-10-18(15-23-21)13-17-7-5-9-20(22)14-17/h5,7,9-11,14-15,19H,3-4,6,8,12-13,16H2,1-2H3. The highest BCUT2D eigenvalue weighted by atomic mass is 32.2. The second-order valence-electron chi connectivity index (χ2n) is 7.19. The summed E-state index contributed by atoms with van der Waals surface area (Å²) in [6.45, 7) is 5.71. The molecule has 2 heterocycles. The Balaban J connectivity index is 1.69. The summed E-state index contributed by atoms with van der Waals surface area (Å²) in [5, 5.41) is 0. The molecule has 152 valence electrons. The lowest BCUT2D eigenvalue weighted by atomic mass is 9.95. The predicted octanol–water partition coefficient (Wildman–Crippen LogP) is 3.58. The third kappa shape index (κ3) is 4.77. The molecule has 3 rings (SSSR count). The van der Waals surface area contributed by atoms with Crippen LogP contribution in [0.2, 0.25) is 0 Å². The second-order valence-corrected chi connectivity index (χ2v) is 9.12. The summed E-state index contributed by atoms with van der Waals surface area (Å²) in [4.78, 5) is 4.59.